The van der Waals surface area contributed by atoms with Gasteiger partial charge in [-0.05, 0) is 42.8 Å². The number of carboxylic acids is 1. The van der Waals surface area contributed by atoms with Crippen LogP contribution in [0.5, 0.6) is 0 Å². The number of halogens is 1. The van der Waals surface area contributed by atoms with Crippen molar-refractivity contribution in [2.24, 2.45) is 0 Å². The molecule has 1 heterocycles. The van der Waals surface area contributed by atoms with E-state index in [-0.39, 0.29) is 6.42 Å². The third kappa shape index (κ3) is 3.11. The Hall–Kier alpha value is -1.74. The predicted octanol–water partition coefficient (Wildman–Crippen LogP) is 2.28. The zero-order chi connectivity index (χ0) is 12.3. The maximum absolute atomic E-state index is 10.3. The molecule has 0 fully saturated rings. The molecule has 2 aromatic rings. The summed E-state index contributed by atoms with van der Waals surface area (Å²) in [5.74, 6) is 0.267. The van der Waals surface area contributed by atoms with Gasteiger partial charge in [0.15, 0.2) is 0 Å². The summed E-state index contributed by atoms with van der Waals surface area (Å²) in [4.78, 5) is 10.3. The zero-order valence-corrected chi connectivity index (χ0v) is 9.74. The third-order valence-corrected chi connectivity index (χ3v) is 2.62. The molecule has 1 aromatic heterocycles. The second kappa shape index (κ2) is 5.06. The van der Waals surface area contributed by atoms with Crippen molar-refractivity contribution in [2.75, 3.05) is 0 Å². The van der Waals surface area contributed by atoms with Crippen LogP contribution in [0.2, 0.25) is 5.02 Å². The molecule has 0 spiro atoms. The van der Waals surface area contributed by atoms with Gasteiger partial charge in [-0.15, -0.1) is 0 Å². The molecule has 0 atom stereocenters. The van der Waals surface area contributed by atoms with Gasteiger partial charge >= 0.3 is 0 Å². The summed E-state index contributed by atoms with van der Waals surface area (Å²) in [5, 5.41) is 11.0. The highest BCUT2D eigenvalue weighted by Crippen LogP contribution is 2.24. The minimum atomic E-state index is -1.07. The average molecular weight is 250 g/mol. The van der Waals surface area contributed by atoms with Crippen LogP contribution in [0.15, 0.2) is 40.8 Å². The van der Waals surface area contributed by atoms with Crippen molar-refractivity contribution in [2.45, 2.75) is 12.8 Å². The Morgan fingerprint density at radius 3 is 2.53 bits per heavy atom. The molecule has 1 aromatic carbocycles. The fraction of sp³-hybridized carbons (Fsp3) is 0.154. The number of carboxylic acid groups (broad SMARTS) is 1. The molecule has 0 aliphatic carbocycles. The topological polar surface area (TPSA) is 53.3 Å². The highest BCUT2D eigenvalue weighted by Gasteiger charge is 2.04. The van der Waals surface area contributed by atoms with Crippen LogP contribution in [0.3, 0.4) is 0 Å². The molecule has 0 unspecified atom stereocenters. The van der Waals surface area contributed by atoms with E-state index in [1.54, 1.807) is 18.2 Å². The van der Waals surface area contributed by atoms with E-state index in [4.69, 9.17) is 16.0 Å². The largest absolute Gasteiger partial charge is 0.550 e. The normalized spacial score (nSPS) is 10.4. The van der Waals surface area contributed by atoms with Crippen molar-refractivity contribution in [3.8, 4) is 11.3 Å². The van der Waals surface area contributed by atoms with Crippen LogP contribution in [-0.2, 0) is 11.2 Å². The molecular weight excluding hydrogens is 240 g/mol. The van der Waals surface area contributed by atoms with Crippen molar-refractivity contribution >= 4 is 17.6 Å². The summed E-state index contributed by atoms with van der Waals surface area (Å²) >= 11 is 5.79. The second-order valence-corrected chi connectivity index (χ2v) is 4.08. The van der Waals surface area contributed by atoms with E-state index < -0.39 is 5.97 Å². The molecule has 0 amide bonds. The number of benzene rings is 1. The van der Waals surface area contributed by atoms with Gasteiger partial charge in [0.2, 0.25) is 0 Å². The molecule has 0 bridgehead atoms. The molecule has 0 N–H and O–H groups in total. The average Bonchev–Trinajstić information content (AvgIpc) is 2.76. The first-order chi connectivity index (χ1) is 8.15. The lowest BCUT2D eigenvalue weighted by atomic mass is 10.2. The van der Waals surface area contributed by atoms with Gasteiger partial charge in [-0.3, -0.25) is 0 Å². The van der Waals surface area contributed by atoms with E-state index in [1.165, 1.54) is 0 Å². The van der Waals surface area contributed by atoms with Crippen molar-refractivity contribution in [3.05, 3.63) is 47.2 Å². The van der Waals surface area contributed by atoms with Gasteiger partial charge in [0.05, 0.1) is 0 Å². The van der Waals surface area contributed by atoms with E-state index in [0.29, 0.717) is 23.0 Å². The van der Waals surface area contributed by atoms with Crippen LogP contribution in [0.4, 0.5) is 0 Å². The standard InChI is InChI=1S/C13H11ClO3/c14-10-3-1-9(2-4-10)12-7-5-11(17-12)6-8-13(15)16/h1-5,7H,6,8H2,(H,15,16)/p-1. The first-order valence-corrected chi connectivity index (χ1v) is 5.57. The van der Waals surface area contributed by atoms with Crippen LogP contribution in [0, 0.1) is 0 Å². The summed E-state index contributed by atoms with van der Waals surface area (Å²) in [6.07, 6.45) is 0.309. The number of carbonyl (C=O) groups is 1. The number of aryl methyl sites for hydroxylation is 1. The fourth-order valence-corrected chi connectivity index (χ4v) is 1.63. The molecule has 4 heteroatoms. The van der Waals surface area contributed by atoms with Crippen LogP contribution in [0.25, 0.3) is 11.3 Å². The minimum absolute atomic E-state index is 0.0342. The lowest BCUT2D eigenvalue weighted by Gasteiger charge is -1.99. The molecule has 17 heavy (non-hydrogen) atoms. The van der Waals surface area contributed by atoms with Crippen molar-refractivity contribution in [1.82, 2.24) is 0 Å². The summed E-state index contributed by atoms with van der Waals surface area (Å²) in [7, 11) is 0. The lowest BCUT2D eigenvalue weighted by molar-refractivity contribution is -0.305. The van der Waals surface area contributed by atoms with Crippen LogP contribution in [0.1, 0.15) is 12.2 Å². The Morgan fingerprint density at radius 2 is 1.88 bits per heavy atom. The SMILES string of the molecule is O=C([O-])CCc1ccc(-c2ccc(Cl)cc2)o1. The number of furan rings is 1. The van der Waals surface area contributed by atoms with Gasteiger partial charge in [0, 0.05) is 23.0 Å². The zero-order valence-electron chi connectivity index (χ0n) is 8.98. The molecule has 0 aliphatic rings. The van der Waals surface area contributed by atoms with Crippen molar-refractivity contribution in [3.63, 3.8) is 0 Å². The Labute approximate surface area is 104 Å². The molecule has 0 aliphatic heterocycles. The Kier molecular flexibility index (Phi) is 3.49. The number of hydrogen-bond acceptors (Lipinski definition) is 3. The van der Waals surface area contributed by atoms with E-state index in [0.717, 1.165) is 5.56 Å². The van der Waals surface area contributed by atoms with Gasteiger partial charge < -0.3 is 14.3 Å². The van der Waals surface area contributed by atoms with Crippen LogP contribution < -0.4 is 5.11 Å². The maximum atomic E-state index is 10.3. The summed E-state index contributed by atoms with van der Waals surface area (Å²) in [6.45, 7) is 0. The summed E-state index contributed by atoms with van der Waals surface area (Å²) in [6, 6.07) is 10.8. The summed E-state index contributed by atoms with van der Waals surface area (Å²) < 4.78 is 5.53. The minimum Gasteiger partial charge on any atom is -0.550 e. The second-order valence-electron chi connectivity index (χ2n) is 3.64. The highest BCUT2D eigenvalue weighted by atomic mass is 35.5. The predicted molar refractivity (Wildman–Crippen MR) is 62.5 cm³/mol. The van der Waals surface area contributed by atoms with Gasteiger partial charge in [-0.1, -0.05) is 11.6 Å². The lowest BCUT2D eigenvalue weighted by Crippen LogP contribution is -2.22. The maximum Gasteiger partial charge on any atom is 0.134 e. The first kappa shape index (κ1) is 11.7. The van der Waals surface area contributed by atoms with Crippen molar-refractivity contribution < 1.29 is 14.3 Å². The van der Waals surface area contributed by atoms with E-state index in [1.807, 2.05) is 18.2 Å². The third-order valence-electron chi connectivity index (χ3n) is 2.37. The Balaban J connectivity index is 2.12. The number of aliphatic carboxylic acids is 1. The Morgan fingerprint density at radius 1 is 1.18 bits per heavy atom. The molecule has 0 radical (unpaired) electrons. The van der Waals surface area contributed by atoms with E-state index in [2.05, 4.69) is 0 Å². The van der Waals surface area contributed by atoms with Crippen molar-refractivity contribution in [1.29, 1.82) is 0 Å². The number of carbonyl (C=O) groups excluding carboxylic acids is 1. The van der Waals surface area contributed by atoms with Crippen LogP contribution in [-0.4, -0.2) is 5.97 Å². The van der Waals surface area contributed by atoms with E-state index in [9.17, 15) is 9.90 Å². The molecule has 0 saturated carbocycles. The summed E-state index contributed by atoms with van der Waals surface area (Å²) in [5.41, 5.74) is 0.911. The molecule has 2 rings (SSSR count). The van der Waals surface area contributed by atoms with Crippen LogP contribution >= 0.6 is 11.6 Å². The molecule has 3 nitrogen and oxygen atoms in total. The van der Waals surface area contributed by atoms with E-state index >= 15 is 0 Å². The molecular formula is C13H10ClO3-. The smallest absolute Gasteiger partial charge is 0.134 e. The van der Waals surface area contributed by atoms with Gasteiger partial charge in [0.1, 0.15) is 11.5 Å². The van der Waals surface area contributed by atoms with Gasteiger partial charge in [-0.25, -0.2) is 0 Å². The quantitative estimate of drug-likeness (QED) is 0.835. The highest BCUT2D eigenvalue weighted by molar-refractivity contribution is 6.30. The fourth-order valence-electron chi connectivity index (χ4n) is 1.51. The molecule has 88 valence electrons. The Bertz CT molecular complexity index is 514. The number of hydrogen-bond donors (Lipinski definition) is 0. The number of rotatable bonds is 4. The van der Waals surface area contributed by atoms with Gasteiger partial charge in [-0.2, -0.15) is 0 Å². The monoisotopic (exact) mass is 249 g/mol. The molecule has 0 saturated heterocycles. The van der Waals surface area contributed by atoms with Gasteiger partial charge in [0.25, 0.3) is 0 Å². The first-order valence-electron chi connectivity index (χ1n) is 5.19.